The predicted molar refractivity (Wildman–Crippen MR) is 80.0 cm³/mol. The van der Waals surface area contributed by atoms with Gasteiger partial charge in [-0.2, -0.15) is 5.10 Å². The lowest BCUT2D eigenvalue weighted by Gasteiger charge is -2.03. The van der Waals surface area contributed by atoms with Gasteiger partial charge in [-0.25, -0.2) is 5.43 Å². The highest BCUT2D eigenvalue weighted by atomic mass is 16.6. The Kier molecular flexibility index (Phi) is 7.14. The van der Waals surface area contributed by atoms with Crippen molar-refractivity contribution < 1.29 is 24.4 Å². The minimum absolute atomic E-state index is 0.273. The van der Waals surface area contributed by atoms with E-state index >= 15 is 0 Å². The average Bonchev–Trinajstić information content (AvgIpc) is 2.52. The van der Waals surface area contributed by atoms with Crippen LogP contribution in [0.25, 0.3) is 0 Å². The molecule has 124 valence electrons. The van der Waals surface area contributed by atoms with Crippen LogP contribution in [0.15, 0.2) is 23.3 Å². The fourth-order valence-electron chi connectivity index (χ4n) is 1.48. The van der Waals surface area contributed by atoms with Crippen molar-refractivity contribution in [2.45, 2.75) is 6.42 Å². The summed E-state index contributed by atoms with van der Waals surface area (Å²) in [6.45, 7) is 0.744. The Labute approximate surface area is 131 Å². The van der Waals surface area contributed by atoms with Crippen molar-refractivity contribution in [1.82, 2.24) is 10.7 Å². The number of nitrogens with zero attached hydrogens (tertiary/aromatic N) is 2. The topological polar surface area (TPSA) is 143 Å². The number of amides is 2. The molecular weight excluding hydrogens is 308 g/mol. The van der Waals surface area contributed by atoms with Gasteiger partial charge in [-0.05, 0) is 18.6 Å². The molecule has 0 unspecified atom stereocenters. The van der Waals surface area contributed by atoms with Gasteiger partial charge in [0, 0.05) is 31.9 Å². The third kappa shape index (κ3) is 6.09. The summed E-state index contributed by atoms with van der Waals surface area (Å²) in [5, 5.41) is 25.8. The number of benzene rings is 1. The number of hydrogen-bond donors (Lipinski definition) is 3. The Balaban J connectivity index is 2.52. The number of carbonyl (C=O) groups excluding carboxylic acids is 2. The summed E-state index contributed by atoms with van der Waals surface area (Å²) in [6.07, 6.45) is 1.68. The van der Waals surface area contributed by atoms with Crippen molar-refractivity contribution in [2.24, 2.45) is 5.10 Å². The average molecular weight is 324 g/mol. The van der Waals surface area contributed by atoms with Gasteiger partial charge in [-0.15, -0.1) is 0 Å². The summed E-state index contributed by atoms with van der Waals surface area (Å²) in [5.41, 5.74) is 1.77. The number of phenolic OH excluding ortho intramolecular Hbond substituents is 1. The van der Waals surface area contributed by atoms with Crippen LogP contribution in [0.4, 0.5) is 5.69 Å². The third-order valence-electron chi connectivity index (χ3n) is 2.59. The van der Waals surface area contributed by atoms with Crippen molar-refractivity contribution in [2.75, 3.05) is 20.3 Å². The summed E-state index contributed by atoms with van der Waals surface area (Å²) < 4.78 is 4.79. The number of nitro groups is 1. The first-order valence-electron chi connectivity index (χ1n) is 6.53. The van der Waals surface area contributed by atoms with E-state index in [2.05, 4.69) is 10.4 Å². The molecule has 0 saturated carbocycles. The molecule has 0 aliphatic carbocycles. The normalized spacial score (nSPS) is 10.5. The Morgan fingerprint density at radius 1 is 1.43 bits per heavy atom. The largest absolute Gasteiger partial charge is 0.502 e. The molecule has 0 radical (unpaired) electrons. The quantitative estimate of drug-likeness (QED) is 0.210. The van der Waals surface area contributed by atoms with Crippen LogP contribution in [0.1, 0.15) is 12.0 Å². The zero-order valence-electron chi connectivity index (χ0n) is 12.3. The third-order valence-corrected chi connectivity index (χ3v) is 2.59. The van der Waals surface area contributed by atoms with Gasteiger partial charge >= 0.3 is 17.5 Å². The van der Waals surface area contributed by atoms with E-state index in [4.69, 9.17) is 4.74 Å². The Morgan fingerprint density at radius 2 is 2.17 bits per heavy atom. The molecule has 1 aromatic carbocycles. The fraction of sp³-hybridized carbons (Fsp3) is 0.308. The number of ether oxygens (including phenoxy) is 1. The van der Waals surface area contributed by atoms with E-state index in [0.29, 0.717) is 13.0 Å². The summed E-state index contributed by atoms with van der Waals surface area (Å²) in [5.74, 6) is -2.30. The maximum absolute atomic E-state index is 11.4. The second-order valence-corrected chi connectivity index (χ2v) is 4.31. The lowest BCUT2D eigenvalue weighted by atomic mass is 10.2. The van der Waals surface area contributed by atoms with Crippen LogP contribution >= 0.6 is 0 Å². The zero-order chi connectivity index (χ0) is 17.2. The molecule has 0 heterocycles. The van der Waals surface area contributed by atoms with Crippen molar-refractivity contribution in [3.8, 4) is 5.75 Å². The SMILES string of the molecule is COCCCNC(=O)C(=O)N/N=C\c1ccc(O)c([N+](=O)[O-])c1. The van der Waals surface area contributed by atoms with Gasteiger partial charge in [0.2, 0.25) is 0 Å². The van der Waals surface area contributed by atoms with Gasteiger partial charge in [-0.1, -0.05) is 0 Å². The van der Waals surface area contributed by atoms with E-state index in [9.17, 15) is 24.8 Å². The molecule has 23 heavy (non-hydrogen) atoms. The molecule has 1 aromatic rings. The minimum Gasteiger partial charge on any atom is -0.502 e. The molecule has 0 aliphatic heterocycles. The lowest BCUT2D eigenvalue weighted by molar-refractivity contribution is -0.385. The molecule has 0 aromatic heterocycles. The molecule has 0 fully saturated rings. The van der Waals surface area contributed by atoms with E-state index in [1.165, 1.54) is 13.2 Å². The van der Waals surface area contributed by atoms with Crippen LogP contribution in [0.2, 0.25) is 0 Å². The van der Waals surface area contributed by atoms with Gasteiger partial charge in [0.1, 0.15) is 0 Å². The molecule has 0 aliphatic rings. The van der Waals surface area contributed by atoms with Gasteiger partial charge in [-0.3, -0.25) is 19.7 Å². The van der Waals surface area contributed by atoms with Crippen molar-refractivity contribution in [3.63, 3.8) is 0 Å². The molecular formula is C13H16N4O6. The number of nitro benzene ring substituents is 1. The molecule has 10 heteroatoms. The molecule has 3 N–H and O–H groups in total. The van der Waals surface area contributed by atoms with Crippen LogP contribution in [0.5, 0.6) is 5.75 Å². The van der Waals surface area contributed by atoms with Gasteiger partial charge in [0.05, 0.1) is 11.1 Å². The summed E-state index contributed by atoms with van der Waals surface area (Å²) in [6, 6.07) is 3.57. The maximum Gasteiger partial charge on any atom is 0.329 e. The number of phenols is 1. The van der Waals surface area contributed by atoms with E-state index in [1.807, 2.05) is 5.43 Å². The van der Waals surface area contributed by atoms with Crippen molar-refractivity contribution in [1.29, 1.82) is 0 Å². The molecule has 1 rings (SSSR count). The fourth-order valence-corrected chi connectivity index (χ4v) is 1.48. The van der Waals surface area contributed by atoms with Crippen LogP contribution in [-0.2, 0) is 14.3 Å². The first kappa shape index (κ1) is 18.0. The Bertz CT molecular complexity index is 616. The van der Waals surface area contributed by atoms with E-state index in [0.717, 1.165) is 18.3 Å². The minimum atomic E-state index is -0.966. The number of aromatic hydroxyl groups is 1. The molecule has 10 nitrogen and oxygen atoms in total. The van der Waals surface area contributed by atoms with E-state index in [1.54, 1.807) is 0 Å². The summed E-state index contributed by atoms with van der Waals surface area (Å²) in [7, 11) is 1.52. The smallest absolute Gasteiger partial charge is 0.329 e. The lowest BCUT2D eigenvalue weighted by Crippen LogP contribution is -2.38. The second kappa shape index (κ2) is 9.10. The van der Waals surface area contributed by atoms with Gasteiger partial charge in [0.25, 0.3) is 0 Å². The first-order valence-corrected chi connectivity index (χ1v) is 6.53. The maximum atomic E-state index is 11.4. The standard InChI is InChI=1S/C13H16N4O6/c1-23-6-2-5-14-12(19)13(20)16-15-8-9-3-4-11(18)10(7-9)17(21)22/h3-4,7-8,18H,2,5-6H2,1H3,(H,14,19)(H,16,20)/b15-8-. The zero-order valence-corrected chi connectivity index (χ0v) is 12.3. The van der Waals surface area contributed by atoms with Crippen molar-refractivity contribution >= 4 is 23.7 Å². The number of nitrogens with one attached hydrogen (secondary N) is 2. The number of carbonyl (C=O) groups is 2. The molecule has 0 bridgehead atoms. The summed E-state index contributed by atoms with van der Waals surface area (Å²) >= 11 is 0. The van der Waals surface area contributed by atoms with Crippen LogP contribution in [0, 0.1) is 10.1 Å². The molecule has 0 atom stereocenters. The van der Waals surface area contributed by atoms with Crippen LogP contribution < -0.4 is 10.7 Å². The van der Waals surface area contributed by atoms with Gasteiger partial charge in [0.15, 0.2) is 5.75 Å². The molecule has 0 saturated heterocycles. The van der Waals surface area contributed by atoms with E-state index in [-0.39, 0.29) is 12.1 Å². The number of methoxy groups -OCH3 is 1. The Morgan fingerprint density at radius 3 is 2.83 bits per heavy atom. The second-order valence-electron chi connectivity index (χ2n) is 4.31. The molecule has 0 spiro atoms. The van der Waals surface area contributed by atoms with E-state index < -0.39 is 28.2 Å². The van der Waals surface area contributed by atoms with Crippen molar-refractivity contribution in [3.05, 3.63) is 33.9 Å². The molecule has 2 amide bonds. The predicted octanol–water partition coefficient (Wildman–Crippen LogP) is -0.0968. The van der Waals surface area contributed by atoms with Crippen LogP contribution in [0.3, 0.4) is 0 Å². The number of rotatable bonds is 7. The van der Waals surface area contributed by atoms with Gasteiger partial charge < -0.3 is 15.2 Å². The Hall–Kier alpha value is -3.01. The highest BCUT2D eigenvalue weighted by molar-refractivity contribution is 6.35. The number of hydrazone groups is 1. The summed E-state index contributed by atoms with van der Waals surface area (Å²) in [4.78, 5) is 32.7. The van der Waals surface area contributed by atoms with Crippen LogP contribution in [-0.4, -0.2) is 48.3 Å². The monoisotopic (exact) mass is 324 g/mol. The highest BCUT2D eigenvalue weighted by Crippen LogP contribution is 2.25. The first-order chi connectivity index (χ1) is 11.0. The number of hydrogen-bond acceptors (Lipinski definition) is 7. The highest BCUT2D eigenvalue weighted by Gasteiger charge is 2.13.